The minimum absolute atomic E-state index is 0.0124. The third-order valence-electron chi connectivity index (χ3n) is 3.80. The Balaban J connectivity index is 1.89. The number of hydrogen-bond donors (Lipinski definition) is 1. The van der Waals surface area contributed by atoms with Crippen molar-refractivity contribution < 1.29 is 4.74 Å². The van der Waals surface area contributed by atoms with Crippen LogP contribution in [0.25, 0.3) is 0 Å². The molecular weight excluding hydrogens is 280 g/mol. The SMILES string of the molecule is Cc1ccc2c(c1)C(N)CC(c1csc(C(C)(C)C)n1)O2. The fourth-order valence-electron chi connectivity index (χ4n) is 2.58. The van der Waals surface area contributed by atoms with Crippen molar-refractivity contribution in [3.63, 3.8) is 0 Å². The largest absolute Gasteiger partial charge is 0.484 e. The molecule has 0 fully saturated rings. The van der Waals surface area contributed by atoms with Crippen molar-refractivity contribution >= 4 is 11.3 Å². The summed E-state index contributed by atoms with van der Waals surface area (Å²) in [4.78, 5) is 4.77. The zero-order valence-electron chi connectivity index (χ0n) is 13.0. The Morgan fingerprint density at radius 2 is 2.10 bits per heavy atom. The summed E-state index contributed by atoms with van der Waals surface area (Å²) in [5, 5.41) is 3.25. The average Bonchev–Trinajstić information content (AvgIpc) is 2.89. The van der Waals surface area contributed by atoms with Crippen LogP contribution in [-0.2, 0) is 5.41 Å². The molecule has 0 spiro atoms. The molecule has 2 unspecified atom stereocenters. The molecule has 1 aromatic carbocycles. The van der Waals surface area contributed by atoms with Gasteiger partial charge in [-0.3, -0.25) is 0 Å². The molecule has 3 rings (SSSR count). The second-order valence-electron chi connectivity index (χ2n) is 6.82. The Kier molecular flexibility index (Phi) is 3.54. The Labute approximate surface area is 130 Å². The molecule has 21 heavy (non-hydrogen) atoms. The molecule has 0 radical (unpaired) electrons. The lowest BCUT2D eigenvalue weighted by atomic mass is 9.94. The van der Waals surface area contributed by atoms with Gasteiger partial charge in [0.05, 0.1) is 10.7 Å². The zero-order chi connectivity index (χ0) is 15.2. The van der Waals surface area contributed by atoms with Gasteiger partial charge >= 0.3 is 0 Å². The number of rotatable bonds is 1. The van der Waals surface area contributed by atoms with Crippen molar-refractivity contribution in [3.8, 4) is 5.75 Å². The Bertz CT molecular complexity index is 657. The Morgan fingerprint density at radius 3 is 2.76 bits per heavy atom. The molecule has 2 aromatic rings. The summed E-state index contributed by atoms with van der Waals surface area (Å²) in [6.07, 6.45) is 0.742. The van der Waals surface area contributed by atoms with Gasteiger partial charge in [0.2, 0.25) is 0 Å². The first-order chi connectivity index (χ1) is 9.84. The maximum atomic E-state index is 6.33. The molecule has 1 aliphatic rings. The summed E-state index contributed by atoms with van der Waals surface area (Å²) in [6.45, 7) is 8.62. The maximum Gasteiger partial charge on any atom is 0.143 e. The van der Waals surface area contributed by atoms with Gasteiger partial charge in [0.1, 0.15) is 11.9 Å². The van der Waals surface area contributed by atoms with Gasteiger partial charge in [-0.2, -0.15) is 0 Å². The van der Waals surface area contributed by atoms with E-state index in [0.717, 1.165) is 28.4 Å². The molecule has 0 amide bonds. The van der Waals surface area contributed by atoms with E-state index in [1.807, 2.05) is 6.07 Å². The zero-order valence-corrected chi connectivity index (χ0v) is 13.8. The number of aromatic nitrogens is 1. The molecule has 4 heteroatoms. The predicted molar refractivity (Wildman–Crippen MR) is 86.9 cm³/mol. The second kappa shape index (κ2) is 5.11. The van der Waals surface area contributed by atoms with Crippen LogP contribution in [0.5, 0.6) is 5.75 Å². The maximum absolute atomic E-state index is 6.33. The number of thiazole rings is 1. The highest BCUT2D eigenvalue weighted by atomic mass is 32.1. The second-order valence-corrected chi connectivity index (χ2v) is 7.68. The van der Waals surface area contributed by atoms with Crippen molar-refractivity contribution in [1.29, 1.82) is 0 Å². The topological polar surface area (TPSA) is 48.1 Å². The minimum atomic E-state index is -0.0393. The lowest BCUT2D eigenvalue weighted by Gasteiger charge is -2.29. The average molecular weight is 302 g/mol. The van der Waals surface area contributed by atoms with Gasteiger partial charge in [-0.25, -0.2) is 4.98 Å². The molecule has 0 saturated carbocycles. The van der Waals surface area contributed by atoms with Crippen molar-refractivity contribution in [2.75, 3.05) is 0 Å². The van der Waals surface area contributed by atoms with Gasteiger partial charge in [0.15, 0.2) is 0 Å². The summed E-state index contributed by atoms with van der Waals surface area (Å²) < 4.78 is 6.13. The van der Waals surface area contributed by atoms with E-state index < -0.39 is 0 Å². The summed E-state index contributed by atoms with van der Waals surface area (Å²) >= 11 is 1.70. The van der Waals surface area contributed by atoms with Crippen LogP contribution in [0.15, 0.2) is 23.6 Å². The summed E-state index contributed by atoms with van der Waals surface area (Å²) in [7, 11) is 0. The molecule has 1 aromatic heterocycles. The van der Waals surface area contributed by atoms with Crippen LogP contribution in [0.1, 0.15) is 61.2 Å². The number of fused-ring (bicyclic) bond motifs is 1. The van der Waals surface area contributed by atoms with E-state index in [4.69, 9.17) is 15.5 Å². The lowest BCUT2D eigenvalue weighted by molar-refractivity contribution is 0.157. The molecule has 112 valence electrons. The molecule has 2 heterocycles. The molecule has 0 aliphatic carbocycles. The molecule has 1 aliphatic heterocycles. The van der Waals surface area contributed by atoms with E-state index in [-0.39, 0.29) is 17.6 Å². The first-order valence-corrected chi connectivity index (χ1v) is 8.21. The van der Waals surface area contributed by atoms with Gasteiger partial charge in [-0.15, -0.1) is 11.3 Å². The molecule has 0 saturated heterocycles. The van der Waals surface area contributed by atoms with E-state index in [1.54, 1.807) is 11.3 Å². The predicted octanol–water partition coefficient (Wildman–Crippen LogP) is 4.27. The molecule has 2 atom stereocenters. The molecule has 0 bridgehead atoms. The first-order valence-electron chi connectivity index (χ1n) is 7.33. The van der Waals surface area contributed by atoms with Crippen LogP contribution in [0.3, 0.4) is 0 Å². The van der Waals surface area contributed by atoms with E-state index in [0.29, 0.717) is 0 Å². The van der Waals surface area contributed by atoms with Gasteiger partial charge in [0.25, 0.3) is 0 Å². The number of hydrogen-bond acceptors (Lipinski definition) is 4. The van der Waals surface area contributed by atoms with Gasteiger partial charge in [-0.1, -0.05) is 38.5 Å². The highest BCUT2D eigenvalue weighted by Gasteiger charge is 2.29. The van der Waals surface area contributed by atoms with Gasteiger partial charge < -0.3 is 10.5 Å². The smallest absolute Gasteiger partial charge is 0.143 e. The number of aryl methyl sites for hydroxylation is 1. The number of nitrogens with zero attached hydrogens (tertiary/aromatic N) is 1. The van der Waals surface area contributed by atoms with E-state index >= 15 is 0 Å². The number of ether oxygens (including phenoxy) is 1. The van der Waals surface area contributed by atoms with Crippen LogP contribution >= 0.6 is 11.3 Å². The van der Waals surface area contributed by atoms with Gasteiger partial charge in [0, 0.05) is 28.8 Å². The van der Waals surface area contributed by atoms with Crippen molar-refractivity contribution in [2.45, 2.75) is 51.7 Å². The summed E-state index contributed by atoms with van der Waals surface area (Å²) in [5.74, 6) is 0.898. The fraction of sp³-hybridized carbons (Fsp3) is 0.471. The van der Waals surface area contributed by atoms with Crippen LogP contribution in [0.4, 0.5) is 0 Å². The Morgan fingerprint density at radius 1 is 1.33 bits per heavy atom. The highest BCUT2D eigenvalue weighted by Crippen LogP contribution is 2.40. The summed E-state index contributed by atoms with van der Waals surface area (Å²) in [5.41, 5.74) is 9.74. The third-order valence-corrected chi connectivity index (χ3v) is 5.08. The quantitative estimate of drug-likeness (QED) is 0.855. The van der Waals surface area contributed by atoms with Crippen LogP contribution < -0.4 is 10.5 Å². The minimum Gasteiger partial charge on any atom is -0.484 e. The lowest BCUT2D eigenvalue weighted by Crippen LogP contribution is -2.24. The van der Waals surface area contributed by atoms with E-state index in [9.17, 15) is 0 Å². The molecule has 2 N–H and O–H groups in total. The number of benzene rings is 1. The van der Waals surface area contributed by atoms with Crippen LogP contribution in [-0.4, -0.2) is 4.98 Å². The first kappa shape index (κ1) is 14.5. The van der Waals surface area contributed by atoms with E-state index in [1.165, 1.54) is 5.56 Å². The normalized spacial score (nSPS) is 21.8. The van der Waals surface area contributed by atoms with E-state index in [2.05, 4.69) is 45.2 Å². The van der Waals surface area contributed by atoms with Crippen molar-refractivity contribution in [3.05, 3.63) is 45.4 Å². The molecular formula is C17H22N2OS. The monoisotopic (exact) mass is 302 g/mol. The fourth-order valence-corrected chi connectivity index (χ4v) is 3.53. The van der Waals surface area contributed by atoms with Gasteiger partial charge in [-0.05, 0) is 13.0 Å². The van der Waals surface area contributed by atoms with Crippen molar-refractivity contribution in [1.82, 2.24) is 4.98 Å². The van der Waals surface area contributed by atoms with Crippen LogP contribution in [0.2, 0.25) is 0 Å². The molecule has 3 nitrogen and oxygen atoms in total. The Hall–Kier alpha value is -1.39. The summed E-state index contributed by atoms with van der Waals surface area (Å²) in [6, 6.07) is 6.22. The third kappa shape index (κ3) is 2.83. The number of nitrogens with two attached hydrogens (primary N) is 1. The highest BCUT2D eigenvalue weighted by molar-refractivity contribution is 7.09. The van der Waals surface area contributed by atoms with Crippen molar-refractivity contribution in [2.24, 2.45) is 5.73 Å². The van der Waals surface area contributed by atoms with Crippen LogP contribution in [0, 0.1) is 6.92 Å². The standard InChI is InChI=1S/C17H22N2OS/c1-10-5-6-14-11(7-10)12(18)8-15(20-14)13-9-21-16(19-13)17(2,3)4/h5-7,9,12,15H,8,18H2,1-4H3.